The Morgan fingerprint density at radius 1 is 1.47 bits per heavy atom. The molecule has 0 aliphatic carbocycles. The Hall–Kier alpha value is -1.66. The van der Waals surface area contributed by atoms with Crippen LogP contribution in [0.4, 0.5) is 5.69 Å². The molecule has 0 aromatic carbocycles. The van der Waals surface area contributed by atoms with Gasteiger partial charge in [0.1, 0.15) is 0 Å². The van der Waals surface area contributed by atoms with Gasteiger partial charge in [0.05, 0.1) is 11.2 Å². The largest absolute Gasteiger partial charge is 0.398 e. The third kappa shape index (κ3) is 3.65. The van der Waals surface area contributed by atoms with Crippen molar-refractivity contribution in [2.45, 2.75) is 20.0 Å². The Balaban J connectivity index is 1.93. The molecule has 19 heavy (non-hydrogen) atoms. The van der Waals surface area contributed by atoms with Crippen LogP contribution in [0.3, 0.4) is 0 Å². The highest BCUT2D eigenvalue weighted by molar-refractivity contribution is 7.09. The van der Waals surface area contributed by atoms with Crippen molar-refractivity contribution < 1.29 is 0 Å². The number of nitrogen functional groups attached to an aromatic ring is 1. The molecule has 0 spiro atoms. The summed E-state index contributed by atoms with van der Waals surface area (Å²) in [6.45, 7) is 4.30. The van der Waals surface area contributed by atoms with Gasteiger partial charge in [0.25, 0.3) is 5.56 Å². The first-order chi connectivity index (χ1) is 9.06. The van der Waals surface area contributed by atoms with Gasteiger partial charge in [-0.15, -0.1) is 11.3 Å². The second kappa shape index (κ2) is 5.99. The van der Waals surface area contributed by atoms with Crippen LogP contribution >= 0.6 is 11.3 Å². The molecule has 5 nitrogen and oxygen atoms in total. The van der Waals surface area contributed by atoms with E-state index < -0.39 is 0 Å². The fraction of sp³-hybridized carbons (Fsp3) is 0.385. The Morgan fingerprint density at radius 3 is 2.95 bits per heavy atom. The molecule has 2 heterocycles. The third-order valence-corrected chi connectivity index (χ3v) is 3.91. The summed E-state index contributed by atoms with van der Waals surface area (Å²) in [4.78, 5) is 19.3. The van der Waals surface area contributed by atoms with Crippen molar-refractivity contribution in [3.05, 3.63) is 44.8 Å². The SMILES string of the molecule is Cc1ncsc1CN(C)CCn1cc(N)ccc1=O. The van der Waals surface area contributed by atoms with Crippen molar-refractivity contribution >= 4 is 17.0 Å². The van der Waals surface area contributed by atoms with E-state index in [2.05, 4.69) is 9.88 Å². The van der Waals surface area contributed by atoms with Gasteiger partial charge in [0.15, 0.2) is 0 Å². The van der Waals surface area contributed by atoms with Crippen LogP contribution in [0.1, 0.15) is 10.6 Å². The van der Waals surface area contributed by atoms with E-state index in [0.29, 0.717) is 12.2 Å². The van der Waals surface area contributed by atoms with Gasteiger partial charge in [-0.2, -0.15) is 0 Å². The van der Waals surface area contributed by atoms with Gasteiger partial charge in [0.2, 0.25) is 0 Å². The second-order valence-electron chi connectivity index (χ2n) is 4.59. The number of aromatic nitrogens is 2. The van der Waals surface area contributed by atoms with E-state index in [4.69, 9.17) is 5.73 Å². The molecule has 2 rings (SSSR count). The molecule has 0 aliphatic heterocycles. The Bertz CT molecular complexity index is 605. The van der Waals surface area contributed by atoms with Gasteiger partial charge in [-0.25, -0.2) is 4.98 Å². The summed E-state index contributed by atoms with van der Waals surface area (Å²) in [6.07, 6.45) is 1.69. The molecule has 2 N–H and O–H groups in total. The van der Waals surface area contributed by atoms with Gasteiger partial charge in [0, 0.05) is 42.5 Å². The lowest BCUT2D eigenvalue weighted by atomic mass is 10.3. The van der Waals surface area contributed by atoms with Crippen molar-refractivity contribution in [2.24, 2.45) is 0 Å². The number of nitrogens with two attached hydrogens (primary N) is 1. The van der Waals surface area contributed by atoms with Gasteiger partial charge in [-0.3, -0.25) is 9.69 Å². The molecule has 2 aromatic heterocycles. The highest BCUT2D eigenvalue weighted by Gasteiger charge is 2.06. The van der Waals surface area contributed by atoms with Gasteiger partial charge in [-0.05, 0) is 20.0 Å². The number of rotatable bonds is 5. The average molecular weight is 278 g/mol. The molecule has 0 bridgehead atoms. The lowest BCUT2D eigenvalue weighted by molar-refractivity contribution is 0.311. The Kier molecular flexibility index (Phi) is 4.34. The molecule has 0 radical (unpaired) electrons. The molecule has 0 saturated carbocycles. The predicted molar refractivity (Wildman–Crippen MR) is 78.3 cm³/mol. The summed E-state index contributed by atoms with van der Waals surface area (Å²) in [5.74, 6) is 0. The first kappa shape index (κ1) is 13.8. The lowest BCUT2D eigenvalue weighted by Gasteiger charge is -2.16. The number of likely N-dealkylation sites (N-methyl/N-ethyl adjacent to an activating group) is 1. The highest BCUT2D eigenvalue weighted by atomic mass is 32.1. The van der Waals surface area contributed by atoms with E-state index in [0.717, 1.165) is 18.8 Å². The molecular weight excluding hydrogens is 260 g/mol. The Labute approximate surface area is 116 Å². The van der Waals surface area contributed by atoms with Crippen LogP contribution in [0.2, 0.25) is 0 Å². The molecular formula is C13H18N4OS. The first-order valence-corrected chi connectivity index (χ1v) is 6.97. The Morgan fingerprint density at radius 2 is 2.26 bits per heavy atom. The van der Waals surface area contributed by atoms with Crippen LogP contribution < -0.4 is 11.3 Å². The van der Waals surface area contributed by atoms with Crippen LogP contribution in [0.15, 0.2) is 28.6 Å². The molecule has 0 fully saturated rings. The van der Waals surface area contributed by atoms with Crippen LogP contribution in [-0.4, -0.2) is 28.0 Å². The maximum absolute atomic E-state index is 11.6. The summed E-state index contributed by atoms with van der Waals surface area (Å²) in [7, 11) is 2.04. The summed E-state index contributed by atoms with van der Waals surface area (Å²) in [5.41, 5.74) is 9.22. The van der Waals surface area contributed by atoms with Gasteiger partial charge >= 0.3 is 0 Å². The van der Waals surface area contributed by atoms with Crippen LogP contribution in [0, 0.1) is 6.92 Å². The number of hydrogen-bond acceptors (Lipinski definition) is 5. The number of thiazole rings is 1. The summed E-state index contributed by atoms with van der Waals surface area (Å²) < 4.78 is 1.64. The van der Waals surface area contributed by atoms with Crippen molar-refractivity contribution in [1.29, 1.82) is 0 Å². The van der Waals surface area contributed by atoms with Crippen LogP contribution in [0.5, 0.6) is 0 Å². The van der Waals surface area contributed by atoms with Crippen molar-refractivity contribution in [2.75, 3.05) is 19.3 Å². The molecule has 0 aliphatic rings. The fourth-order valence-electron chi connectivity index (χ4n) is 1.81. The van der Waals surface area contributed by atoms with Crippen LogP contribution in [-0.2, 0) is 13.1 Å². The topological polar surface area (TPSA) is 64.2 Å². The maximum atomic E-state index is 11.6. The quantitative estimate of drug-likeness (QED) is 0.896. The van der Waals surface area contributed by atoms with Crippen molar-refractivity contribution in [1.82, 2.24) is 14.5 Å². The van der Waals surface area contributed by atoms with E-state index in [1.54, 1.807) is 28.2 Å². The number of aryl methyl sites for hydroxylation is 1. The molecule has 6 heteroatoms. The van der Waals surface area contributed by atoms with E-state index in [9.17, 15) is 4.79 Å². The molecule has 0 amide bonds. The molecule has 2 aromatic rings. The van der Waals surface area contributed by atoms with Gasteiger partial charge < -0.3 is 10.3 Å². The monoisotopic (exact) mass is 278 g/mol. The number of hydrogen-bond donors (Lipinski definition) is 1. The minimum Gasteiger partial charge on any atom is -0.398 e. The van der Waals surface area contributed by atoms with Crippen molar-refractivity contribution in [3.8, 4) is 0 Å². The standard InChI is InChI=1S/C13H18N4OS/c1-10-12(19-9-15-10)8-16(2)5-6-17-7-11(14)3-4-13(17)18/h3-4,7,9H,5-6,8,14H2,1-2H3. The minimum atomic E-state index is -0.0171. The summed E-state index contributed by atoms with van der Waals surface area (Å²) >= 11 is 1.66. The molecule has 0 atom stereocenters. The normalized spacial score (nSPS) is 11.1. The van der Waals surface area contributed by atoms with Gasteiger partial charge in [-0.1, -0.05) is 0 Å². The summed E-state index contributed by atoms with van der Waals surface area (Å²) in [6, 6.07) is 3.13. The second-order valence-corrected chi connectivity index (χ2v) is 5.53. The zero-order chi connectivity index (χ0) is 13.8. The van der Waals surface area contributed by atoms with E-state index in [-0.39, 0.29) is 5.56 Å². The third-order valence-electron chi connectivity index (χ3n) is 2.99. The molecule has 0 unspecified atom stereocenters. The number of pyridine rings is 1. The average Bonchev–Trinajstić information content (AvgIpc) is 2.76. The van der Waals surface area contributed by atoms with E-state index in [1.807, 2.05) is 19.5 Å². The zero-order valence-electron chi connectivity index (χ0n) is 11.2. The van der Waals surface area contributed by atoms with Crippen molar-refractivity contribution in [3.63, 3.8) is 0 Å². The molecule has 0 saturated heterocycles. The maximum Gasteiger partial charge on any atom is 0.250 e. The van der Waals surface area contributed by atoms with E-state index in [1.165, 1.54) is 10.9 Å². The minimum absolute atomic E-state index is 0.0171. The highest BCUT2D eigenvalue weighted by Crippen LogP contribution is 2.13. The predicted octanol–water partition coefficient (Wildman–Crippen LogP) is 1.33. The zero-order valence-corrected chi connectivity index (χ0v) is 12.0. The lowest BCUT2D eigenvalue weighted by Crippen LogP contribution is -2.27. The number of anilines is 1. The van der Waals surface area contributed by atoms with E-state index >= 15 is 0 Å². The summed E-state index contributed by atoms with van der Waals surface area (Å²) in [5, 5.41) is 0. The smallest absolute Gasteiger partial charge is 0.250 e. The molecule has 102 valence electrons. The van der Waals surface area contributed by atoms with Crippen LogP contribution in [0.25, 0.3) is 0 Å². The number of nitrogens with zero attached hydrogens (tertiary/aromatic N) is 3. The fourth-order valence-corrected chi connectivity index (χ4v) is 2.66. The first-order valence-electron chi connectivity index (χ1n) is 6.10.